The van der Waals surface area contributed by atoms with Gasteiger partial charge in [0.05, 0.1) is 24.5 Å². The quantitative estimate of drug-likeness (QED) is 0.234. The molecular weight excluding hydrogens is 218 g/mol. The number of anilines is 1. The number of nitrogens with one attached hydrogen (secondary N) is 2. The molecular formula is C11H19N5O. The van der Waals surface area contributed by atoms with Crippen LogP contribution in [0.1, 0.15) is 11.4 Å². The highest BCUT2D eigenvalue weighted by Crippen LogP contribution is 2.11. The van der Waals surface area contributed by atoms with Gasteiger partial charge in [-0.25, -0.2) is 10.8 Å². The summed E-state index contributed by atoms with van der Waals surface area (Å²) in [6.07, 6.45) is 0. The van der Waals surface area contributed by atoms with E-state index >= 15 is 0 Å². The average molecular weight is 237 g/mol. The van der Waals surface area contributed by atoms with Gasteiger partial charge >= 0.3 is 0 Å². The Hall–Kier alpha value is -1.66. The molecule has 0 radical (unpaired) electrons. The highest BCUT2D eigenvalue weighted by molar-refractivity contribution is 5.93. The number of hydrogen-bond acceptors (Lipinski definition) is 4. The minimum absolute atomic E-state index is 0.496. The van der Waals surface area contributed by atoms with E-state index in [4.69, 9.17) is 10.6 Å². The molecule has 0 saturated carbocycles. The second-order valence-electron chi connectivity index (χ2n) is 3.58. The van der Waals surface area contributed by atoms with Crippen molar-refractivity contribution < 1.29 is 4.74 Å². The van der Waals surface area contributed by atoms with Gasteiger partial charge in [-0.3, -0.25) is 10.4 Å². The van der Waals surface area contributed by atoms with Crippen LogP contribution in [0.3, 0.4) is 0 Å². The van der Waals surface area contributed by atoms with Gasteiger partial charge in [-0.1, -0.05) is 0 Å². The Morgan fingerprint density at radius 3 is 2.82 bits per heavy atom. The van der Waals surface area contributed by atoms with Crippen LogP contribution in [0.15, 0.2) is 17.1 Å². The number of aromatic nitrogens is 1. The SMILES string of the molecule is COCCN=C(NN)Nc1ccc(C)nc1C. The number of pyridine rings is 1. The van der Waals surface area contributed by atoms with Crippen molar-refractivity contribution in [2.75, 3.05) is 25.6 Å². The predicted octanol–water partition coefficient (Wildman–Crippen LogP) is 0.576. The van der Waals surface area contributed by atoms with Gasteiger partial charge in [-0.2, -0.15) is 0 Å². The van der Waals surface area contributed by atoms with Crippen LogP contribution in [-0.2, 0) is 4.74 Å². The molecule has 1 heterocycles. The van der Waals surface area contributed by atoms with Crippen molar-refractivity contribution in [2.45, 2.75) is 13.8 Å². The van der Waals surface area contributed by atoms with Gasteiger partial charge in [0, 0.05) is 12.8 Å². The van der Waals surface area contributed by atoms with E-state index in [2.05, 4.69) is 20.7 Å². The Kier molecular flexibility index (Phi) is 5.38. The zero-order valence-corrected chi connectivity index (χ0v) is 10.4. The van der Waals surface area contributed by atoms with Crippen LogP contribution in [0.4, 0.5) is 5.69 Å². The lowest BCUT2D eigenvalue weighted by Crippen LogP contribution is -2.36. The molecule has 4 N–H and O–H groups in total. The van der Waals surface area contributed by atoms with Gasteiger partial charge in [-0.05, 0) is 26.0 Å². The van der Waals surface area contributed by atoms with E-state index < -0.39 is 0 Å². The van der Waals surface area contributed by atoms with Crippen molar-refractivity contribution in [3.63, 3.8) is 0 Å². The molecule has 1 aromatic heterocycles. The Bertz CT molecular complexity index is 391. The van der Waals surface area contributed by atoms with Crippen LogP contribution >= 0.6 is 0 Å². The van der Waals surface area contributed by atoms with Crippen molar-refractivity contribution >= 4 is 11.6 Å². The van der Waals surface area contributed by atoms with Crippen molar-refractivity contribution in [2.24, 2.45) is 10.8 Å². The zero-order valence-electron chi connectivity index (χ0n) is 10.4. The van der Waals surface area contributed by atoms with Gasteiger partial charge in [0.25, 0.3) is 0 Å². The molecule has 6 heteroatoms. The van der Waals surface area contributed by atoms with Gasteiger partial charge in [0.2, 0.25) is 5.96 Å². The van der Waals surface area contributed by atoms with Gasteiger partial charge in [0.1, 0.15) is 0 Å². The van der Waals surface area contributed by atoms with Crippen LogP contribution in [-0.4, -0.2) is 31.2 Å². The monoisotopic (exact) mass is 237 g/mol. The highest BCUT2D eigenvalue weighted by Gasteiger charge is 2.02. The maximum atomic E-state index is 5.38. The van der Waals surface area contributed by atoms with Crippen LogP contribution in [0.2, 0.25) is 0 Å². The Labute approximate surface area is 101 Å². The minimum atomic E-state index is 0.496. The number of aliphatic imine (C=N–C) groups is 1. The lowest BCUT2D eigenvalue weighted by Gasteiger charge is -2.11. The van der Waals surface area contributed by atoms with E-state index in [-0.39, 0.29) is 0 Å². The maximum absolute atomic E-state index is 5.38. The highest BCUT2D eigenvalue weighted by atomic mass is 16.5. The molecule has 0 bridgehead atoms. The fourth-order valence-corrected chi connectivity index (χ4v) is 1.32. The first-order valence-electron chi connectivity index (χ1n) is 5.38. The molecule has 1 rings (SSSR count). The summed E-state index contributed by atoms with van der Waals surface area (Å²) in [4.78, 5) is 8.55. The zero-order chi connectivity index (χ0) is 12.7. The molecule has 0 aliphatic carbocycles. The molecule has 0 aliphatic heterocycles. The molecule has 94 valence electrons. The summed E-state index contributed by atoms with van der Waals surface area (Å²) < 4.78 is 4.91. The largest absolute Gasteiger partial charge is 0.383 e. The second kappa shape index (κ2) is 6.82. The lowest BCUT2D eigenvalue weighted by molar-refractivity contribution is 0.208. The number of aryl methyl sites for hydroxylation is 2. The number of ether oxygens (including phenoxy) is 1. The molecule has 0 atom stereocenters. The summed E-state index contributed by atoms with van der Waals surface area (Å²) in [6.45, 7) is 4.98. The summed E-state index contributed by atoms with van der Waals surface area (Å²) in [5.41, 5.74) is 5.27. The van der Waals surface area contributed by atoms with E-state index in [1.54, 1.807) is 7.11 Å². The molecule has 1 aromatic rings. The molecule has 6 nitrogen and oxygen atoms in total. The Morgan fingerprint density at radius 2 is 2.24 bits per heavy atom. The first kappa shape index (κ1) is 13.4. The molecule has 0 fully saturated rings. The van der Waals surface area contributed by atoms with E-state index in [1.165, 1.54) is 0 Å². The number of hydrazine groups is 1. The van der Waals surface area contributed by atoms with E-state index in [9.17, 15) is 0 Å². The number of nitrogens with two attached hydrogens (primary N) is 1. The first-order valence-corrected chi connectivity index (χ1v) is 5.38. The first-order chi connectivity index (χ1) is 8.17. The van der Waals surface area contributed by atoms with Crippen LogP contribution < -0.4 is 16.6 Å². The molecule has 17 heavy (non-hydrogen) atoms. The topological polar surface area (TPSA) is 84.6 Å². The van der Waals surface area contributed by atoms with Gasteiger partial charge in [0.15, 0.2) is 0 Å². The Morgan fingerprint density at radius 1 is 1.47 bits per heavy atom. The third-order valence-electron chi connectivity index (χ3n) is 2.18. The standard InChI is InChI=1S/C11H19N5O/c1-8-4-5-10(9(2)14-8)15-11(16-12)13-6-7-17-3/h4-5H,6-7,12H2,1-3H3,(H2,13,15,16). The molecule has 0 unspecified atom stereocenters. The number of hydrogen-bond donors (Lipinski definition) is 3. The minimum Gasteiger partial charge on any atom is -0.383 e. The lowest BCUT2D eigenvalue weighted by atomic mass is 10.3. The molecule has 0 aromatic carbocycles. The van der Waals surface area contributed by atoms with Crippen molar-refractivity contribution in [3.8, 4) is 0 Å². The molecule has 0 aliphatic rings. The average Bonchev–Trinajstić information content (AvgIpc) is 2.31. The summed E-state index contributed by atoms with van der Waals surface area (Å²) >= 11 is 0. The summed E-state index contributed by atoms with van der Waals surface area (Å²) in [5.74, 6) is 5.87. The number of rotatable bonds is 4. The van der Waals surface area contributed by atoms with Crippen molar-refractivity contribution in [1.29, 1.82) is 0 Å². The fraction of sp³-hybridized carbons (Fsp3) is 0.455. The van der Waals surface area contributed by atoms with Crippen LogP contribution in [0, 0.1) is 13.8 Å². The van der Waals surface area contributed by atoms with Crippen molar-refractivity contribution in [1.82, 2.24) is 10.4 Å². The van der Waals surface area contributed by atoms with Crippen LogP contribution in [0.25, 0.3) is 0 Å². The summed E-state index contributed by atoms with van der Waals surface area (Å²) in [6, 6.07) is 3.87. The van der Waals surface area contributed by atoms with Crippen LogP contribution in [0.5, 0.6) is 0 Å². The second-order valence-corrected chi connectivity index (χ2v) is 3.58. The number of nitrogens with zero attached hydrogens (tertiary/aromatic N) is 2. The third-order valence-corrected chi connectivity index (χ3v) is 2.18. The molecule has 0 spiro atoms. The number of methoxy groups -OCH3 is 1. The maximum Gasteiger partial charge on any atom is 0.210 e. The smallest absolute Gasteiger partial charge is 0.210 e. The normalized spacial score (nSPS) is 11.4. The van der Waals surface area contributed by atoms with Gasteiger partial charge in [-0.15, -0.1) is 0 Å². The van der Waals surface area contributed by atoms with Crippen molar-refractivity contribution in [3.05, 3.63) is 23.5 Å². The fourth-order valence-electron chi connectivity index (χ4n) is 1.32. The van der Waals surface area contributed by atoms with E-state index in [0.717, 1.165) is 17.1 Å². The third kappa shape index (κ3) is 4.38. The molecule has 0 saturated heterocycles. The van der Waals surface area contributed by atoms with E-state index in [1.807, 2.05) is 26.0 Å². The molecule has 0 amide bonds. The summed E-state index contributed by atoms with van der Waals surface area (Å²) in [5, 5.41) is 3.08. The summed E-state index contributed by atoms with van der Waals surface area (Å²) in [7, 11) is 1.63. The van der Waals surface area contributed by atoms with Gasteiger partial charge < -0.3 is 10.1 Å². The Balaban J connectivity index is 2.70. The van der Waals surface area contributed by atoms with E-state index in [0.29, 0.717) is 19.1 Å². The number of guanidine groups is 1. The predicted molar refractivity (Wildman–Crippen MR) is 68.8 cm³/mol.